The standard InChI is InChI=1S/C21H28O4/c1-20-9-6-16-15-5-3-14(22)12-13(15)2-4-17(16)18(20)7-10-21(20,25)11-8-19(23)24/h8,11-12,15-18,25H,2-7,9-10H2,1H3,(H,23,24)/t15-,16+,17+,18-,20-,21+/m0/s1. The third-order valence-corrected chi connectivity index (χ3v) is 8.02. The molecule has 0 bridgehead atoms. The minimum atomic E-state index is -1.00. The fourth-order valence-electron chi connectivity index (χ4n) is 6.71. The summed E-state index contributed by atoms with van der Waals surface area (Å²) < 4.78 is 0. The molecule has 0 aromatic carbocycles. The van der Waals surface area contributed by atoms with E-state index in [1.54, 1.807) is 6.08 Å². The van der Waals surface area contributed by atoms with Gasteiger partial charge in [0.05, 0.1) is 5.60 Å². The maximum atomic E-state index is 11.8. The molecule has 4 rings (SSSR count). The minimum Gasteiger partial charge on any atom is -0.478 e. The number of hydrogen-bond acceptors (Lipinski definition) is 3. The highest BCUT2D eigenvalue weighted by atomic mass is 16.4. The van der Waals surface area contributed by atoms with Crippen LogP contribution in [0.15, 0.2) is 23.8 Å². The molecule has 0 saturated heterocycles. The molecule has 2 N–H and O–H groups in total. The molecule has 0 amide bonds. The molecule has 6 atom stereocenters. The van der Waals surface area contributed by atoms with Crippen molar-refractivity contribution in [3.8, 4) is 0 Å². The Kier molecular flexibility index (Phi) is 3.95. The van der Waals surface area contributed by atoms with E-state index in [1.807, 2.05) is 6.08 Å². The van der Waals surface area contributed by atoms with Crippen LogP contribution in [0, 0.1) is 29.1 Å². The Hall–Kier alpha value is -1.42. The molecule has 4 heteroatoms. The Labute approximate surface area is 149 Å². The summed E-state index contributed by atoms with van der Waals surface area (Å²) >= 11 is 0. The van der Waals surface area contributed by atoms with Crippen molar-refractivity contribution in [2.45, 2.75) is 63.9 Å². The van der Waals surface area contributed by atoms with Gasteiger partial charge in [-0.1, -0.05) is 12.5 Å². The summed E-state index contributed by atoms with van der Waals surface area (Å²) in [6.07, 6.45) is 12.1. The zero-order valence-electron chi connectivity index (χ0n) is 14.9. The van der Waals surface area contributed by atoms with Crippen molar-refractivity contribution in [2.75, 3.05) is 0 Å². The second kappa shape index (κ2) is 5.80. The number of carboxylic acids is 1. The van der Waals surface area contributed by atoms with Gasteiger partial charge >= 0.3 is 5.97 Å². The Morgan fingerprint density at radius 3 is 2.72 bits per heavy atom. The first kappa shape index (κ1) is 17.0. The SMILES string of the molecule is C[C@]12CC[C@H]3[C@@H](CCC4=CC(=O)CC[C@@H]43)[C@@H]1CC[C@@]2(O)C=CC(=O)O. The van der Waals surface area contributed by atoms with Crippen LogP contribution in [0.2, 0.25) is 0 Å². The van der Waals surface area contributed by atoms with E-state index in [1.165, 1.54) is 5.57 Å². The van der Waals surface area contributed by atoms with E-state index in [0.29, 0.717) is 42.3 Å². The Bertz CT molecular complexity index is 663. The van der Waals surface area contributed by atoms with E-state index >= 15 is 0 Å². The number of rotatable bonds is 2. The van der Waals surface area contributed by atoms with Crippen LogP contribution in [-0.4, -0.2) is 27.6 Å². The van der Waals surface area contributed by atoms with Gasteiger partial charge < -0.3 is 10.2 Å². The average molecular weight is 344 g/mol. The quantitative estimate of drug-likeness (QED) is 0.752. The summed E-state index contributed by atoms with van der Waals surface area (Å²) in [5.74, 6) is 1.55. The average Bonchev–Trinajstić information content (AvgIpc) is 2.84. The Morgan fingerprint density at radius 2 is 1.96 bits per heavy atom. The first-order chi connectivity index (χ1) is 11.8. The van der Waals surface area contributed by atoms with Crippen LogP contribution in [-0.2, 0) is 9.59 Å². The van der Waals surface area contributed by atoms with E-state index in [4.69, 9.17) is 5.11 Å². The summed E-state index contributed by atoms with van der Waals surface area (Å²) in [5, 5.41) is 20.2. The molecular weight excluding hydrogens is 316 g/mol. The Morgan fingerprint density at radius 1 is 1.16 bits per heavy atom. The lowest BCUT2D eigenvalue weighted by Crippen LogP contribution is -2.52. The molecular formula is C21H28O4. The van der Waals surface area contributed by atoms with Crippen molar-refractivity contribution >= 4 is 11.8 Å². The first-order valence-corrected chi connectivity index (χ1v) is 9.72. The van der Waals surface area contributed by atoms with Crippen molar-refractivity contribution in [3.63, 3.8) is 0 Å². The van der Waals surface area contributed by atoms with Crippen LogP contribution in [0.4, 0.5) is 0 Å². The molecule has 4 aliphatic carbocycles. The molecule has 3 fully saturated rings. The minimum absolute atomic E-state index is 0.230. The number of carbonyl (C=O) groups excluding carboxylic acids is 1. The number of carbonyl (C=O) groups is 2. The predicted molar refractivity (Wildman–Crippen MR) is 93.8 cm³/mol. The fourth-order valence-corrected chi connectivity index (χ4v) is 6.71. The van der Waals surface area contributed by atoms with Crippen LogP contribution in [0.25, 0.3) is 0 Å². The summed E-state index contributed by atoms with van der Waals surface area (Å²) in [7, 11) is 0. The third-order valence-electron chi connectivity index (χ3n) is 8.02. The van der Waals surface area contributed by atoms with Crippen molar-refractivity contribution in [2.24, 2.45) is 29.1 Å². The highest BCUT2D eigenvalue weighted by molar-refractivity contribution is 5.91. The molecule has 3 saturated carbocycles. The van der Waals surface area contributed by atoms with Gasteiger partial charge in [0.2, 0.25) is 0 Å². The Balaban J connectivity index is 1.61. The van der Waals surface area contributed by atoms with Gasteiger partial charge in [0, 0.05) is 17.9 Å². The van der Waals surface area contributed by atoms with E-state index < -0.39 is 11.6 Å². The molecule has 0 aromatic rings. The van der Waals surface area contributed by atoms with E-state index in [2.05, 4.69) is 6.92 Å². The van der Waals surface area contributed by atoms with Crippen LogP contribution in [0.1, 0.15) is 58.3 Å². The summed E-state index contributed by atoms with van der Waals surface area (Å²) in [6.45, 7) is 2.17. The number of aliphatic carboxylic acids is 1. The summed E-state index contributed by atoms with van der Waals surface area (Å²) in [4.78, 5) is 22.7. The molecule has 136 valence electrons. The van der Waals surface area contributed by atoms with Gasteiger partial charge in [0.1, 0.15) is 0 Å². The van der Waals surface area contributed by atoms with E-state index in [-0.39, 0.29) is 5.41 Å². The number of aliphatic hydroxyl groups is 1. The topological polar surface area (TPSA) is 74.6 Å². The summed E-state index contributed by atoms with van der Waals surface area (Å²) in [6, 6.07) is 0. The van der Waals surface area contributed by atoms with Gasteiger partial charge in [-0.05, 0) is 80.8 Å². The van der Waals surface area contributed by atoms with Gasteiger partial charge in [-0.15, -0.1) is 0 Å². The molecule has 0 radical (unpaired) electrons. The van der Waals surface area contributed by atoms with Gasteiger partial charge in [0.25, 0.3) is 0 Å². The maximum Gasteiger partial charge on any atom is 0.328 e. The number of allylic oxidation sites excluding steroid dienone is 1. The zero-order chi connectivity index (χ0) is 17.8. The lowest BCUT2D eigenvalue weighted by molar-refractivity contribution is -0.132. The van der Waals surface area contributed by atoms with Crippen molar-refractivity contribution < 1.29 is 19.8 Å². The van der Waals surface area contributed by atoms with Crippen LogP contribution >= 0.6 is 0 Å². The molecule has 0 spiro atoms. The van der Waals surface area contributed by atoms with Crippen molar-refractivity contribution in [1.29, 1.82) is 0 Å². The highest BCUT2D eigenvalue weighted by Crippen LogP contribution is 2.65. The fraction of sp³-hybridized carbons (Fsp3) is 0.714. The lowest BCUT2D eigenvalue weighted by atomic mass is 9.50. The normalized spacial score (nSPS) is 46.3. The number of ketones is 1. The highest BCUT2D eigenvalue weighted by Gasteiger charge is 2.61. The number of carboxylic acid groups (broad SMARTS) is 1. The zero-order valence-corrected chi connectivity index (χ0v) is 14.9. The smallest absolute Gasteiger partial charge is 0.328 e. The molecule has 0 aliphatic heterocycles. The second-order valence-corrected chi connectivity index (χ2v) is 8.89. The monoisotopic (exact) mass is 344 g/mol. The maximum absolute atomic E-state index is 11.8. The van der Waals surface area contributed by atoms with Crippen LogP contribution in [0.5, 0.6) is 0 Å². The van der Waals surface area contributed by atoms with Crippen molar-refractivity contribution in [1.82, 2.24) is 0 Å². The van der Waals surface area contributed by atoms with Gasteiger partial charge in [-0.25, -0.2) is 4.79 Å². The molecule has 0 aromatic heterocycles. The van der Waals surface area contributed by atoms with Gasteiger partial charge in [-0.2, -0.15) is 0 Å². The van der Waals surface area contributed by atoms with Gasteiger partial charge in [0.15, 0.2) is 5.78 Å². The van der Waals surface area contributed by atoms with Crippen molar-refractivity contribution in [3.05, 3.63) is 23.8 Å². The van der Waals surface area contributed by atoms with Gasteiger partial charge in [-0.3, -0.25) is 4.79 Å². The first-order valence-electron chi connectivity index (χ1n) is 9.72. The lowest BCUT2D eigenvalue weighted by Gasteiger charge is -2.55. The van der Waals surface area contributed by atoms with Crippen LogP contribution < -0.4 is 0 Å². The molecule has 0 unspecified atom stereocenters. The van der Waals surface area contributed by atoms with E-state index in [0.717, 1.165) is 44.6 Å². The molecule has 0 heterocycles. The predicted octanol–water partition coefficient (Wildman–Crippen LogP) is 3.50. The number of hydrogen-bond donors (Lipinski definition) is 2. The van der Waals surface area contributed by atoms with Crippen LogP contribution in [0.3, 0.4) is 0 Å². The summed E-state index contributed by atoms with van der Waals surface area (Å²) in [5.41, 5.74) is 0.144. The molecule has 4 nitrogen and oxygen atoms in total. The molecule has 25 heavy (non-hydrogen) atoms. The second-order valence-electron chi connectivity index (χ2n) is 8.89. The third kappa shape index (κ3) is 2.52. The van der Waals surface area contributed by atoms with E-state index in [9.17, 15) is 14.7 Å². The molecule has 4 aliphatic rings. The number of fused-ring (bicyclic) bond motifs is 5. The largest absolute Gasteiger partial charge is 0.478 e.